The van der Waals surface area contributed by atoms with Gasteiger partial charge in [0, 0.05) is 6.42 Å². The molecule has 4 heteroatoms. The number of hydrogen-bond acceptors (Lipinski definition) is 3. The third-order valence-corrected chi connectivity index (χ3v) is 7.43. The Kier molecular flexibility index (Phi) is 29.5. The van der Waals surface area contributed by atoms with Crippen LogP contribution in [0.3, 0.4) is 0 Å². The fourth-order valence-electron chi connectivity index (χ4n) is 4.82. The Morgan fingerprint density at radius 2 is 1.00 bits per heavy atom. The lowest BCUT2D eigenvalue weighted by atomic mass is 10.1. The Hall–Kier alpha value is -1.13. The van der Waals surface area contributed by atoms with Crippen molar-refractivity contribution in [2.24, 2.45) is 0 Å². The molecule has 0 aliphatic heterocycles. The minimum absolute atomic E-state index is 0.0759. The fourth-order valence-corrected chi connectivity index (χ4v) is 4.82. The lowest BCUT2D eigenvalue weighted by Gasteiger charge is -2.20. The predicted molar refractivity (Wildman–Crippen MR) is 165 cm³/mol. The molecule has 2 atom stereocenters. The van der Waals surface area contributed by atoms with Crippen molar-refractivity contribution in [1.82, 2.24) is 5.32 Å². The molecule has 3 N–H and O–H groups in total. The van der Waals surface area contributed by atoms with Crippen LogP contribution in [-0.4, -0.2) is 34.9 Å². The fraction of sp³-hybridized carbons (Fsp3) is 0.853. The van der Waals surface area contributed by atoms with Gasteiger partial charge in [-0.3, -0.25) is 4.79 Å². The number of carbonyl (C=O) groups excluding carboxylic acids is 1. The first kappa shape index (κ1) is 36.9. The maximum atomic E-state index is 12.2. The number of aliphatic hydroxyl groups is 2. The van der Waals surface area contributed by atoms with Gasteiger partial charge in [-0.05, 0) is 44.9 Å². The number of aliphatic hydroxyl groups excluding tert-OH is 2. The second-order valence-corrected chi connectivity index (χ2v) is 11.2. The van der Waals surface area contributed by atoms with Gasteiger partial charge in [0.15, 0.2) is 0 Å². The average molecular weight is 536 g/mol. The molecule has 0 bridgehead atoms. The number of hydrogen-bond donors (Lipinski definition) is 3. The highest BCUT2D eigenvalue weighted by Gasteiger charge is 2.17. The van der Waals surface area contributed by atoms with Crippen LogP contribution in [0, 0.1) is 0 Å². The molecule has 0 radical (unpaired) electrons. The molecular weight excluding hydrogens is 470 g/mol. The van der Waals surface area contributed by atoms with E-state index in [4.69, 9.17) is 0 Å². The van der Waals surface area contributed by atoms with Crippen LogP contribution in [-0.2, 0) is 4.79 Å². The van der Waals surface area contributed by atoms with Crippen LogP contribution in [0.4, 0.5) is 0 Å². The number of allylic oxidation sites excluding steroid dienone is 3. The standard InChI is InChI=1S/C34H65NO3/c1-3-5-7-9-11-13-15-16-17-18-20-22-24-26-28-30-34(38)35-32(31-36)33(37)29-27-25-23-21-19-14-12-10-8-6-4-2/h16-17,27,29,32-33,36-37H,3-15,18-26,28,30-31H2,1-2H3,(H,35,38)/b17-16-,29-27+. The number of carbonyl (C=O) groups is 1. The van der Waals surface area contributed by atoms with Gasteiger partial charge in [0.1, 0.15) is 0 Å². The van der Waals surface area contributed by atoms with Crippen molar-refractivity contribution in [3.8, 4) is 0 Å². The number of rotatable bonds is 29. The van der Waals surface area contributed by atoms with E-state index in [1.165, 1.54) is 116 Å². The summed E-state index contributed by atoms with van der Waals surface area (Å²) in [6.45, 7) is 4.27. The second kappa shape index (κ2) is 30.4. The Labute approximate surface area is 237 Å². The van der Waals surface area contributed by atoms with Crippen molar-refractivity contribution in [3.05, 3.63) is 24.3 Å². The Morgan fingerprint density at radius 3 is 1.45 bits per heavy atom. The van der Waals surface area contributed by atoms with Crippen LogP contribution in [0.5, 0.6) is 0 Å². The molecule has 0 saturated carbocycles. The zero-order valence-corrected chi connectivity index (χ0v) is 25.4. The molecule has 0 aromatic rings. The van der Waals surface area contributed by atoms with E-state index in [-0.39, 0.29) is 12.5 Å². The quantitative estimate of drug-likeness (QED) is 0.0660. The van der Waals surface area contributed by atoms with Gasteiger partial charge in [0.25, 0.3) is 0 Å². The van der Waals surface area contributed by atoms with E-state index in [0.29, 0.717) is 6.42 Å². The third kappa shape index (κ3) is 26.5. The molecule has 0 rings (SSSR count). The summed E-state index contributed by atoms with van der Waals surface area (Å²) >= 11 is 0. The summed E-state index contributed by atoms with van der Waals surface area (Å²) in [6, 6.07) is -0.620. The van der Waals surface area contributed by atoms with E-state index in [9.17, 15) is 15.0 Å². The molecular formula is C34H65NO3. The monoisotopic (exact) mass is 535 g/mol. The molecule has 0 aliphatic carbocycles. The molecule has 224 valence electrons. The summed E-state index contributed by atoms with van der Waals surface area (Å²) in [6.07, 6.45) is 36.8. The minimum Gasteiger partial charge on any atom is -0.394 e. The van der Waals surface area contributed by atoms with Gasteiger partial charge in [0.2, 0.25) is 5.91 Å². The van der Waals surface area contributed by atoms with Crippen molar-refractivity contribution < 1.29 is 15.0 Å². The van der Waals surface area contributed by atoms with Gasteiger partial charge in [0.05, 0.1) is 18.8 Å². The normalized spacial score (nSPS) is 13.5. The first-order valence-corrected chi connectivity index (χ1v) is 16.6. The maximum absolute atomic E-state index is 12.2. The molecule has 0 aromatic heterocycles. The van der Waals surface area contributed by atoms with Gasteiger partial charge >= 0.3 is 0 Å². The number of unbranched alkanes of at least 4 members (excludes halogenated alkanes) is 20. The summed E-state index contributed by atoms with van der Waals surface area (Å²) in [7, 11) is 0. The molecule has 38 heavy (non-hydrogen) atoms. The van der Waals surface area contributed by atoms with Crippen LogP contribution >= 0.6 is 0 Å². The third-order valence-electron chi connectivity index (χ3n) is 7.43. The minimum atomic E-state index is -0.836. The molecule has 4 nitrogen and oxygen atoms in total. The molecule has 2 unspecified atom stereocenters. The molecule has 0 aromatic carbocycles. The van der Waals surface area contributed by atoms with E-state index < -0.39 is 12.1 Å². The summed E-state index contributed by atoms with van der Waals surface area (Å²) in [4.78, 5) is 12.2. The zero-order valence-electron chi connectivity index (χ0n) is 25.4. The van der Waals surface area contributed by atoms with Crippen LogP contribution in [0.15, 0.2) is 24.3 Å². The van der Waals surface area contributed by atoms with Gasteiger partial charge in [-0.2, -0.15) is 0 Å². The van der Waals surface area contributed by atoms with E-state index in [1.807, 2.05) is 6.08 Å². The van der Waals surface area contributed by atoms with Crippen molar-refractivity contribution in [2.45, 2.75) is 180 Å². The van der Waals surface area contributed by atoms with Crippen molar-refractivity contribution in [2.75, 3.05) is 6.61 Å². The van der Waals surface area contributed by atoms with Gasteiger partial charge in [-0.25, -0.2) is 0 Å². The van der Waals surface area contributed by atoms with Gasteiger partial charge < -0.3 is 15.5 Å². The second-order valence-electron chi connectivity index (χ2n) is 11.2. The Bertz CT molecular complexity index is 546. The predicted octanol–water partition coefficient (Wildman–Crippen LogP) is 9.34. The van der Waals surface area contributed by atoms with Crippen LogP contribution < -0.4 is 5.32 Å². The van der Waals surface area contributed by atoms with Crippen LogP contribution in [0.1, 0.15) is 168 Å². The highest BCUT2D eigenvalue weighted by atomic mass is 16.3. The molecule has 0 aliphatic rings. The van der Waals surface area contributed by atoms with Crippen molar-refractivity contribution in [1.29, 1.82) is 0 Å². The summed E-state index contributed by atoms with van der Waals surface area (Å²) in [5.41, 5.74) is 0. The lowest BCUT2D eigenvalue weighted by molar-refractivity contribution is -0.123. The van der Waals surface area contributed by atoms with Crippen LogP contribution in [0.25, 0.3) is 0 Å². The van der Waals surface area contributed by atoms with E-state index in [2.05, 4.69) is 31.3 Å². The smallest absolute Gasteiger partial charge is 0.220 e. The molecule has 0 saturated heterocycles. The summed E-state index contributed by atoms with van der Waals surface area (Å²) < 4.78 is 0. The number of amides is 1. The Morgan fingerprint density at radius 1 is 0.605 bits per heavy atom. The number of nitrogens with one attached hydrogen (secondary N) is 1. The van der Waals surface area contributed by atoms with Gasteiger partial charge in [-0.15, -0.1) is 0 Å². The van der Waals surface area contributed by atoms with E-state index in [0.717, 1.165) is 32.1 Å². The van der Waals surface area contributed by atoms with E-state index >= 15 is 0 Å². The largest absolute Gasteiger partial charge is 0.394 e. The lowest BCUT2D eigenvalue weighted by Crippen LogP contribution is -2.45. The molecule has 0 fully saturated rings. The van der Waals surface area contributed by atoms with E-state index in [1.54, 1.807) is 6.08 Å². The SMILES string of the molecule is CCCCCCCC/C=C\CCCCCCCC(=O)NC(CO)C(O)/C=C/CCCCCCCCCCC. The topological polar surface area (TPSA) is 69.6 Å². The van der Waals surface area contributed by atoms with Gasteiger partial charge in [-0.1, -0.05) is 141 Å². The highest BCUT2D eigenvalue weighted by molar-refractivity contribution is 5.76. The van der Waals surface area contributed by atoms with Crippen molar-refractivity contribution in [3.63, 3.8) is 0 Å². The average Bonchev–Trinajstić information content (AvgIpc) is 2.92. The molecule has 1 amide bonds. The first-order chi connectivity index (χ1) is 18.7. The maximum Gasteiger partial charge on any atom is 0.220 e. The molecule has 0 spiro atoms. The highest BCUT2D eigenvalue weighted by Crippen LogP contribution is 2.12. The Balaban J connectivity index is 3.67. The molecule has 0 heterocycles. The van der Waals surface area contributed by atoms with Crippen molar-refractivity contribution >= 4 is 5.91 Å². The summed E-state index contributed by atoms with van der Waals surface area (Å²) in [5.74, 6) is -0.0759. The first-order valence-electron chi connectivity index (χ1n) is 16.6. The summed E-state index contributed by atoms with van der Waals surface area (Å²) in [5, 5.41) is 22.8. The van der Waals surface area contributed by atoms with Crippen LogP contribution in [0.2, 0.25) is 0 Å². The zero-order chi connectivity index (χ0) is 27.9.